The Morgan fingerprint density at radius 1 is 1.00 bits per heavy atom. The van der Waals surface area contributed by atoms with Gasteiger partial charge in [0.1, 0.15) is 0 Å². The molecule has 1 aliphatic carbocycles. The number of hydrogen-bond donors (Lipinski definition) is 0. The fraction of sp³-hybridized carbons (Fsp3) is 0.917. The molecule has 15 heavy (non-hydrogen) atoms. The van der Waals surface area contributed by atoms with E-state index in [0.717, 1.165) is 0 Å². The fourth-order valence-electron chi connectivity index (χ4n) is 2.16. The van der Waals surface area contributed by atoms with Crippen molar-refractivity contribution in [2.24, 2.45) is 5.16 Å². The highest BCUT2D eigenvalue weighted by atomic mass is 28.4. The Bertz CT molecular complexity index is 195. The van der Waals surface area contributed by atoms with Crippen molar-refractivity contribution in [3.05, 3.63) is 0 Å². The summed E-state index contributed by atoms with van der Waals surface area (Å²) in [6.45, 7) is 6.75. The van der Waals surface area contributed by atoms with E-state index in [-0.39, 0.29) is 0 Å². The van der Waals surface area contributed by atoms with Crippen LogP contribution in [0.4, 0.5) is 0 Å². The van der Waals surface area contributed by atoms with Gasteiger partial charge in [0.2, 0.25) is 0 Å². The van der Waals surface area contributed by atoms with E-state index in [1.807, 2.05) is 0 Å². The minimum atomic E-state index is -1.49. The molecule has 88 valence electrons. The number of oxime groups is 1. The van der Waals surface area contributed by atoms with Gasteiger partial charge in [-0.05, 0) is 43.8 Å². The van der Waals surface area contributed by atoms with E-state index < -0.39 is 8.32 Å². The van der Waals surface area contributed by atoms with E-state index in [1.54, 1.807) is 0 Å². The first-order valence-corrected chi connectivity index (χ1v) is 9.03. The Hall–Kier alpha value is -0.313. The summed E-state index contributed by atoms with van der Waals surface area (Å²) in [5.74, 6) is 0. The summed E-state index contributed by atoms with van der Waals surface area (Å²) in [7, 11) is -1.49. The first-order valence-electron chi connectivity index (χ1n) is 6.50. The summed E-state index contributed by atoms with van der Waals surface area (Å²) < 4.78 is 5.94. The summed E-state index contributed by atoms with van der Waals surface area (Å²) >= 11 is 0. The lowest BCUT2D eigenvalue weighted by molar-refractivity contribution is 0.317. The third kappa shape index (κ3) is 3.63. The molecular formula is C12H25NOSi. The van der Waals surface area contributed by atoms with E-state index >= 15 is 0 Å². The van der Waals surface area contributed by atoms with Crippen LogP contribution in [0.15, 0.2) is 5.16 Å². The lowest BCUT2D eigenvalue weighted by Crippen LogP contribution is -2.34. The predicted octanol–water partition coefficient (Wildman–Crippen LogP) is 4.33. The van der Waals surface area contributed by atoms with Gasteiger partial charge in [-0.15, -0.1) is 5.16 Å². The van der Waals surface area contributed by atoms with Gasteiger partial charge in [-0.1, -0.05) is 27.2 Å². The van der Waals surface area contributed by atoms with E-state index in [9.17, 15) is 0 Å². The van der Waals surface area contributed by atoms with Crippen LogP contribution in [0, 0.1) is 0 Å². The van der Waals surface area contributed by atoms with Gasteiger partial charge in [0.05, 0.1) is 5.71 Å². The minimum Gasteiger partial charge on any atom is -0.455 e. The molecule has 0 unspecified atom stereocenters. The molecule has 0 N–H and O–H groups in total. The van der Waals surface area contributed by atoms with Crippen molar-refractivity contribution >= 4 is 14.0 Å². The smallest absolute Gasteiger partial charge is 0.286 e. The Kier molecular flexibility index (Phi) is 5.36. The first kappa shape index (κ1) is 12.8. The molecule has 0 heterocycles. The van der Waals surface area contributed by atoms with Crippen molar-refractivity contribution < 1.29 is 4.53 Å². The molecular weight excluding hydrogens is 202 g/mol. The zero-order valence-electron chi connectivity index (χ0n) is 10.5. The standard InChI is InChI=1S/C12H25NOSi/c1-4-15(5-2,6-3)14-13-12-10-8-7-9-11-12/h4-11H2,1-3H3. The SMILES string of the molecule is CC[Si](CC)(CC)ON=C1CCCCC1. The van der Waals surface area contributed by atoms with Gasteiger partial charge in [0, 0.05) is 0 Å². The molecule has 0 amide bonds. The first-order chi connectivity index (χ1) is 7.26. The van der Waals surface area contributed by atoms with Crippen LogP contribution in [0.3, 0.4) is 0 Å². The van der Waals surface area contributed by atoms with Gasteiger partial charge >= 0.3 is 0 Å². The Balaban J connectivity index is 2.50. The highest BCUT2D eigenvalue weighted by molar-refractivity contribution is 6.73. The Morgan fingerprint density at radius 2 is 1.53 bits per heavy atom. The molecule has 0 spiro atoms. The van der Waals surface area contributed by atoms with E-state index in [4.69, 9.17) is 4.53 Å². The second-order valence-corrected chi connectivity index (χ2v) is 9.22. The van der Waals surface area contributed by atoms with Crippen LogP contribution < -0.4 is 0 Å². The van der Waals surface area contributed by atoms with Crippen LogP contribution in [-0.4, -0.2) is 14.0 Å². The van der Waals surface area contributed by atoms with Crippen molar-refractivity contribution in [2.45, 2.75) is 71.0 Å². The summed E-state index contributed by atoms with van der Waals surface area (Å²) in [6, 6.07) is 3.57. The van der Waals surface area contributed by atoms with Crippen LogP contribution >= 0.6 is 0 Å². The number of hydrogen-bond acceptors (Lipinski definition) is 2. The van der Waals surface area contributed by atoms with Crippen molar-refractivity contribution in [2.75, 3.05) is 0 Å². The molecule has 0 saturated heterocycles. The maximum atomic E-state index is 5.94. The van der Waals surface area contributed by atoms with Crippen molar-refractivity contribution in [3.63, 3.8) is 0 Å². The molecule has 0 aromatic carbocycles. The van der Waals surface area contributed by atoms with Gasteiger partial charge in [0.15, 0.2) is 0 Å². The van der Waals surface area contributed by atoms with Gasteiger partial charge in [-0.2, -0.15) is 0 Å². The molecule has 0 aromatic heterocycles. The topological polar surface area (TPSA) is 21.6 Å². The summed E-state index contributed by atoms with van der Waals surface area (Å²) in [5, 5.41) is 4.45. The average molecular weight is 227 g/mol. The zero-order chi connectivity index (χ0) is 11.1. The van der Waals surface area contributed by atoms with Crippen LogP contribution in [-0.2, 0) is 4.53 Å². The number of rotatable bonds is 5. The fourth-order valence-corrected chi connectivity index (χ4v) is 4.37. The van der Waals surface area contributed by atoms with Crippen molar-refractivity contribution in [1.29, 1.82) is 0 Å². The molecule has 0 radical (unpaired) electrons. The van der Waals surface area contributed by atoms with E-state index in [0.29, 0.717) is 0 Å². The van der Waals surface area contributed by atoms with Gasteiger partial charge in [-0.3, -0.25) is 0 Å². The highest BCUT2D eigenvalue weighted by Crippen LogP contribution is 2.23. The Labute approximate surface area is 95.2 Å². The van der Waals surface area contributed by atoms with Gasteiger partial charge in [-0.25, -0.2) is 0 Å². The van der Waals surface area contributed by atoms with E-state index in [2.05, 4.69) is 25.9 Å². The Morgan fingerprint density at radius 3 is 2.00 bits per heavy atom. The molecule has 1 rings (SSSR count). The second-order valence-electron chi connectivity index (χ2n) is 4.55. The van der Waals surface area contributed by atoms with Crippen LogP contribution in [0.5, 0.6) is 0 Å². The summed E-state index contributed by atoms with van der Waals surface area (Å²) in [6.07, 6.45) is 6.32. The van der Waals surface area contributed by atoms with E-state index in [1.165, 1.54) is 55.9 Å². The van der Waals surface area contributed by atoms with Gasteiger partial charge < -0.3 is 4.53 Å². The molecule has 3 heteroatoms. The third-order valence-corrected chi connectivity index (χ3v) is 8.08. The third-order valence-electron chi connectivity index (χ3n) is 3.73. The molecule has 0 aromatic rings. The minimum absolute atomic E-state index is 1.17. The lowest BCUT2D eigenvalue weighted by Gasteiger charge is -2.25. The van der Waals surface area contributed by atoms with Crippen molar-refractivity contribution in [1.82, 2.24) is 0 Å². The van der Waals surface area contributed by atoms with Crippen LogP contribution in [0.2, 0.25) is 18.1 Å². The summed E-state index contributed by atoms with van der Waals surface area (Å²) in [4.78, 5) is 0. The highest BCUT2D eigenvalue weighted by Gasteiger charge is 2.31. The predicted molar refractivity (Wildman–Crippen MR) is 68.8 cm³/mol. The number of nitrogens with zero attached hydrogens (tertiary/aromatic N) is 1. The maximum absolute atomic E-state index is 5.94. The molecule has 0 bridgehead atoms. The van der Waals surface area contributed by atoms with Crippen LogP contribution in [0.25, 0.3) is 0 Å². The normalized spacial score (nSPS) is 17.7. The van der Waals surface area contributed by atoms with Crippen molar-refractivity contribution in [3.8, 4) is 0 Å². The maximum Gasteiger partial charge on any atom is 0.286 e. The molecule has 1 fully saturated rings. The summed E-state index contributed by atoms with van der Waals surface area (Å²) in [5.41, 5.74) is 1.31. The lowest BCUT2D eigenvalue weighted by atomic mass is 9.99. The average Bonchev–Trinajstić information content (AvgIpc) is 2.33. The second kappa shape index (κ2) is 6.31. The molecule has 0 aliphatic heterocycles. The molecule has 0 atom stereocenters. The molecule has 1 aliphatic rings. The monoisotopic (exact) mass is 227 g/mol. The van der Waals surface area contributed by atoms with Crippen LogP contribution in [0.1, 0.15) is 52.9 Å². The van der Waals surface area contributed by atoms with Gasteiger partial charge in [0.25, 0.3) is 8.32 Å². The molecule has 1 saturated carbocycles. The zero-order valence-corrected chi connectivity index (χ0v) is 11.5. The quantitative estimate of drug-likeness (QED) is 0.506. The molecule has 2 nitrogen and oxygen atoms in total. The largest absolute Gasteiger partial charge is 0.455 e.